The SMILES string of the molecule is NC(CO)C(=O)N1CCCC1C(=O)NC(Cc1ccc(O)cc1)C(=O)N1CCCC1C(=O)NC(CO)C(=O)O. The van der Waals surface area contributed by atoms with E-state index in [1.807, 2.05) is 0 Å². The van der Waals surface area contributed by atoms with Gasteiger partial charge >= 0.3 is 5.97 Å². The van der Waals surface area contributed by atoms with Crippen LogP contribution in [0.2, 0.25) is 0 Å². The number of carboxylic acids is 1. The van der Waals surface area contributed by atoms with E-state index < -0.39 is 73.0 Å². The van der Waals surface area contributed by atoms with Crippen LogP contribution in [0.5, 0.6) is 5.75 Å². The molecule has 214 valence electrons. The number of aliphatic hydroxyl groups excluding tert-OH is 2. The van der Waals surface area contributed by atoms with Gasteiger partial charge in [0.2, 0.25) is 23.6 Å². The smallest absolute Gasteiger partial charge is 0.328 e. The summed E-state index contributed by atoms with van der Waals surface area (Å²) in [7, 11) is 0. The second-order valence-corrected chi connectivity index (χ2v) is 9.68. The molecule has 1 aromatic rings. The Morgan fingerprint density at radius 3 is 1.85 bits per heavy atom. The lowest BCUT2D eigenvalue weighted by atomic mass is 10.0. The van der Waals surface area contributed by atoms with Gasteiger partial charge in [-0.25, -0.2) is 4.79 Å². The minimum absolute atomic E-state index is 0.0131. The fourth-order valence-electron chi connectivity index (χ4n) is 4.89. The summed E-state index contributed by atoms with van der Waals surface area (Å²) in [5.41, 5.74) is 6.28. The zero-order chi connectivity index (χ0) is 28.7. The van der Waals surface area contributed by atoms with Crippen molar-refractivity contribution in [3.63, 3.8) is 0 Å². The average molecular weight is 550 g/mol. The molecule has 5 unspecified atom stereocenters. The summed E-state index contributed by atoms with van der Waals surface area (Å²) in [5.74, 6) is -3.88. The van der Waals surface area contributed by atoms with Crippen LogP contribution in [0.3, 0.4) is 0 Å². The van der Waals surface area contributed by atoms with Crippen molar-refractivity contribution in [2.45, 2.75) is 62.3 Å². The van der Waals surface area contributed by atoms with Gasteiger partial charge in [0.05, 0.1) is 13.2 Å². The zero-order valence-corrected chi connectivity index (χ0v) is 21.4. The highest BCUT2D eigenvalue weighted by atomic mass is 16.4. The summed E-state index contributed by atoms with van der Waals surface area (Å²) in [6, 6.07) is 0.275. The van der Waals surface area contributed by atoms with Gasteiger partial charge in [-0.05, 0) is 43.4 Å². The van der Waals surface area contributed by atoms with Crippen molar-refractivity contribution in [2.75, 3.05) is 26.3 Å². The number of hydrogen-bond donors (Lipinski definition) is 7. The first-order chi connectivity index (χ1) is 18.6. The average Bonchev–Trinajstić information content (AvgIpc) is 3.61. The normalized spacial score (nSPS) is 21.2. The van der Waals surface area contributed by atoms with Gasteiger partial charge in [-0.2, -0.15) is 0 Å². The van der Waals surface area contributed by atoms with Crippen molar-refractivity contribution in [1.82, 2.24) is 20.4 Å². The van der Waals surface area contributed by atoms with Crippen molar-refractivity contribution < 1.29 is 44.4 Å². The molecule has 0 aliphatic carbocycles. The van der Waals surface area contributed by atoms with Crippen LogP contribution < -0.4 is 16.4 Å². The van der Waals surface area contributed by atoms with Crippen LogP contribution in [0.4, 0.5) is 0 Å². The summed E-state index contributed by atoms with van der Waals surface area (Å²) in [4.78, 5) is 66.3. The molecule has 0 radical (unpaired) electrons. The maximum atomic E-state index is 13.7. The number of amides is 4. The lowest BCUT2D eigenvalue weighted by Crippen LogP contribution is -2.58. The standard InChI is InChI=1S/C25H35N5O9/c26-16(12-31)23(36)29-9-1-3-19(29)21(34)27-17(11-14-5-7-15(33)8-6-14)24(37)30-10-2-4-20(30)22(35)28-18(13-32)25(38)39/h5-8,16-20,31-33H,1-4,9-13,26H2,(H,27,34)(H,28,35)(H,38,39). The lowest BCUT2D eigenvalue weighted by molar-refractivity contribution is -0.146. The van der Waals surface area contributed by atoms with Crippen LogP contribution in [0.15, 0.2) is 24.3 Å². The number of likely N-dealkylation sites (tertiary alicyclic amines) is 2. The van der Waals surface area contributed by atoms with Gasteiger partial charge in [0.15, 0.2) is 0 Å². The van der Waals surface area contributed by atoms with Crippen LogP contribution in [0.1, 0.15) is 31.2 Å². The van der Waals surface area contributed by atoms with E-state index in [2.05, 4.69) is 10.6 Å². The Labute approximate surface area is 224 Å². The zero-order valence-electron chi connectivity index (χ0n) is 21.4. The van der Waals surface area contributed by atoms with Crippen molar-refractivity contribution in [1.29, 1.82) is 0 Å². The summed E-state index contributed by atoms with van der Waals surface area (Å²) < 4.78 is 0. The predicted octanol–water partition coefficient (Wildman–Crippen LogP) is -2.72. The largest absolute Gasteiger partial charge is 0.508 e. The van der Waals surface area contributed by atoms with Gasteiger partial charge in [-0.3, -0.25) is 19.2 Å². The molecule has 0 spiro atoms. The van der Waals surface area contributed by atoms with Crippen LogP contribution in [0.25, 0.3) is 0 Å². The molecular weight excluding hydrogens is 514 g/mol. The van der Waals surface area contributed by atoms with Gasteiger partial charge in [0.1, 0.15) is 36.0 Å². The fourth-order valence-corrected chi connectivity index (χ4v) is 4.89. The van der Waals surface area contributed by atoms with E-state index in [1.165, 1.54) is 21.9 Å². The number of aliphatic hydroxyl groups is 2. The first-order valence-electron chi connectivity index (χ1n) is 12.8. The number of aliphatic carboxylic acids is 1. The summed E-state index contributed by atoms with van der Waals surface area (Å²) in [6.07, 6.45) is 1.61. The minimum Gasteiger partial charge on any atom is -0.508 e. The number of nitrogens with one attached hydrogen (secondary N) is 2. The van der Waals surface area contributed by atoms with Crippen molar-refractivity contribution >= 4 is 29.6 Å². The Balaban J connectivity index is 1.81. The number of carbonyl (C=O) groups excluding carboxylic acids is 4. The number of phenols is 1. The third kappa shape index (κ3) is 7.22. The van der Waals surface area contributed by atoms with Crippen molar-refractivity contribution in [3.05, 3.63) is 29.8 Å². The highest BCUT2D eigenvalue weighted by Gasteiger charge is 2.41. The van der Waals surface area contributed by atoms with Crippen molar-refractivity contribution in [3.8, 4) is 5.75 Å². The van der Waals surface area contributed by atoms with E-state index in [0.29, 0.717) is 24.8 Å². The van der Waals surface area contributed by atoms with Crippen LogP contribution in [-0.2, 0) is 30.4 Å². The quantitative estimate of drug-likeness (QED) is 0.151. The number of nitrogens with two attached hydrogens (primary N) is 1. The molecule has 8 N–H and O–H groups in total. The maximum absolute atomic E-state index is 13.7. The molecule has 0 aromatic heterocycles. The molecule has 39 heavy (non-hydrogen) atoms. The van der Waals surface area contributed by atoms with Gasteiger partial charge < -0.3 is 46.6 Å². The second kappa shape index (κ2) is 13.4. The van der Waals surface area contributed by atoms with E-state index in [1.54, 1.807) is 12.1 Å². The molecule has 2 aliphatic heterocycles. The molecule has 5 atom stereocenters. The fraction of sp³-hybridized carbons (Fsp3) is 0.560. The summed E-state index contributed by atoms with van der Waals surface area (Å²) >= 11 is 0. The van der Waals surface area contributed by atoms with E-state index in [-0.39, 0.29) is 31.7 Å². The van der Waals surface area contributed by atoms with E-state index in [0.717, 1.165) is 0 Å². The topological polar surface area (TPSA) is 223 Å². The molecule has 14 heteroatoms. The highest BCUT2D eigenvalue weighted by Crippen LogP contribution is 2.22. The lowest BCUT2D eigenvalue weighted by Gasteiger charge is -2.31. The number of aromatic hydroxyl groups is 1. The third-order valence-corrected chi connectivity index (χ3v) is 6.98. The van der Waals surface area contributed by atoms with E-state index in [9.17, 15) is 39.3 Å². The minimum atomic E-state index is -1.53. The Kier molecular flexibility index (Phi) is 10.2. The molecule has 0 bridgehead atoms. The number of carbonyl (C=O) groups is 5. The molecule has 4 amide bonds. The molecule has 1 aromatic carbocycles. The van der Waals surface area contributed by atoms with Crippen molar-refractivity contribution in [2.24, 2.45) is 5.73 Å². The molecule has 3 rings (SSSR count). The molecule has 2 saturated heterocycles. The molecule has 0 saturated carbocycles. The van der Waals surface area contributed by atoms with Gasteiger partial charge in [-0.15, -0.1) is 0 Å². The van der Waals surface area contributed by atoms with E-state index in [4.69, 9.17) is 10.8 Å². The predicted molar refractivity (Wildman–Crippen MR) is 135 cm³/mol. The Hall–Kier alpha value is -3.75. The monoisotopic (exact) mass is 549 g/mol. The van der Waals surface area contributed by atoms with E-state index >= 15 is 0 Å². The summed E-state index contributed by atoms with van der Waals surface area (Å²) in [6.45, 7) is -0.943. The third-order valence-electron chi connectivity index (χ3n) is 6.98. The Morgan fingerprint density at radius 2 is 1.36 bits per heavy atom. The molecule has 14 nitrogen and oxygen atoms in total. The van der Waals surface area contributed by atoms with Crippen LogP contribution in [-0.4, -0.2) is 116 Å². The van der Waals surface area contributed by atoms with Gasteiger partial charge in [0, 0.05) is 19.5 Å². The molecule has 2 fully saturated rings. The second-order valence-electron chi connectivity index (χ2n) is 9.68. The number of rotatable bonds is 11. The van der Waals surface area contributed by atoms with Gasteiger partial charge in [0.25, 0.3) is 0 Å². The number of phenolic OH excluding ortho intramolecular Hbond substituents is 1. The van der Waals surface area contributed by atoms with Gasteiger partial charge in [-0.1, -0.05) is 12.1 Å². The Bertz CT molecular complexity index is 1070. The van der Waals surface area contributed by atoms with Crippen LogP contribution in [0, 0.1) is 0 Å². The Morgan fingerprint density at radius 1 is 0.846 bits per heavy atom. The first kappa shape index (κ1) is 29.8. The maximum Gasteiger partial charge on any atom is 0.328 e. The highest BCUT2D eigenvalue weighted by molar-refractivity contribution is 5.96. The molecular formula is C25H35N5O9. The summed E-state index contributed by atoms with van der Waals surface area (Å²) in [5, 5.41) is 42.2. The first-order valence-corrected chi connectivity index (χ1v) is 12.8. The molecule has 2 aliphatic rings. The number of hydrogen-bond acceptors (Lipinski definition) is 9. The molecule has 2 heterocycles. The number of carboxylic acid groups (broad SMARTS) is 1. The van der Waals surface area contributed by atoms with Crippen LogP contribution >= 0.6 is 0 Å². The number of nitrogens with zero attached hydrogens (tertiary/aromatic N) is 2. The number of benzene rings is 1.